The van der Waals surface area contributed by atoms with Crippen molar-refractivity contribution in [2.75, 3.05) is 0 Å². The number of nitrogens with zero attached hydrogens (tertiary/aromatic N) is 3. The molecule has 0 aliphatic heterocycles. The Balaban J connectivity index is 1.94. The number of carbonyl (C=O) groups is 1. The van der Waals surface area contributed by atoms with E-state index < -0.39 is 5.25 Å². The number of fused-ring (bicyclic) bond motifs is 1. The van der Waals surface area contributed by atoms with Crippen LogP contribution in [-0.4, -0.2) is 30.9 Å². The standard InChI is InChI=1S/C20H19N5OS/c1-12-7-3-6-10-17(12)25-19(23-24-20(25)27-13(2)18(21)26)15-11-22-16-9-5-4-8-14(15)16/h3-11,13,22H,1-2H3,(H2,21,26). The summed E-state index contributed by atoms with van der Waals surface area (Å²) in [6, 6.07) is 16.1. The van der Waals surface area contributed by atoms with Crippen molar-refractivity contribution in [3.8, 4) is 17.1 Å². The number of thioether (sulfide) groups is 1. The number of hydrogen-bond acceptors (Lipinski definition) is 4. The van der Waals surface area contributed by atoms with Gasteiger partial charge in [-0.05, 0) is 31.5 Å². The van der Waals surface area contributed by atoms with E-state index in [1.165, 1.54) is 11.8 Å². The van der Waals surface area contributed by atoms with Crippen LogP contribution in [0.5, 0.6) is 0 Å². The average Bonchev–Trinajstić information content (AvgIpc) is 3.26. The predicted octanol–water partition coefficient (Wildman–Crippen LogP) is 3.69. The minimum Gasteiger partial charge on any atom is -0.369 e. The highest BCUT2D eigenvalue weighted by Crippen LogP contribution is 2.34. The molecule has 4 aromatic rings. The molecule has 27 heavy (non-hydrogen) atoms. The van der Waals surface area contributed by atoms with Crippen LogP contribution in [-0.2, 0) is 4.79 Å². The Labute approximate surface area is 160 Å². The molecule has 0 bridgehead atoms. The van der Waals surface area contributed by atoms with E-state index in [-0.39, 0.29) is 5.91 Å². The van der Waals surface area contributed by atoms with Crippen LogP contribution in [0.3, 0.4) is 0 Å². The third-order valence-electron chi connectivity index (χ3n) is 4.50. The van der Waals surface area contributed by atoms with E-state index in [1.54, 1.807) is 6.92 Å². The smallest absolute Gasteiger partial charge is 0.230 e. The summed E-state index contributed by atoms with van der Waals surface area (Å²) >= 11 is 1.31. The zero-order valence-corrected chi connectivity index (χ0v) is 15.8. The average molecular weight is 377 g/mol. The highest BCUT2D eigenvalue weighted by Gasteiger charge is 2.22. The van der Waals surface area contributed by atoms with E-state index in [1.807, 2.05) is 60.2 Å². The minimum atomic E-state index is -0.409. The van der Waals surface area contributed by atoms with Gasteiger partial charge in [0.05, 0.1) is 10.9 Å². The lowest BCUT2D eigenvalue weighted by Gasteiger charge is -2.13. The number of amides is 1. The van der Waals surface area contributed by atoms with Crippen LogP contribution < -0.4 is 5.73 Å². The molecule has 2 aromatic carbocycles. The SMILES string of the molecule is Cc1ccccc1-n1c(SC(C)C(N)=O)nnc1-c1c[nH]c2ccccc12. The number of carbonyl (C=O) groups excluding carboxylic acids is 1. The summed E-state index contributed by atoms with van der Waals surface area (Å²) in [5, 5.41) is 10.1. The van der Waals surface area contributed by atoms with E-state index in [0.29, 0.717) is 5.16 Å². The number of aromatic nitrogens is 4. The van der Waals surface area contributed by atoms with Crippen LogP contribution in [0.4, 0.5) is 0 Å². The number of aromatic amines is 1. The summed E-state index contributed by atoms with van der Waals surface area (Å²) in [5.74, 6) is 0.342. The van der Waals surface area contributed by atoms with Crippen molar-refractivity contribution >= 4 is 28.6 Å². The zero-order valence-electron chi connectivity index (χ0n) is 15.0. The molecule has 1 amide bonds. The number of rotatable bonds is 5. The van der Waals surface area contributed by atoms with Gasteiger partial charge in [-0.2, -0.15) is 0 Å². The first-order valence-corrected chi connectivity index (χ1v) is 9.48. The Bertz CT molecular complexity index is 1130. The van der Waals surface area contributed by atoms with Crippen molar-refractivity contribution in [3.05, 3.63) is 60.3 Å². The maximum absolute atomic E-state index is 11.6. The molecular weight excluding hydrogens is 358 g/mol. The third kappa shape index (κ3) is 3.10. The number of nitrogens with one attached hydrogen (secondary N) is 1. The van der Waals surface area contributed by atoms with Gasteiger partial charge < -0.3 is 10.7 Å². The number of nitrogens with two attached hydrogens (primary N) is 1. The molecular formula is C20H19N5OS. The fourth-order valence-corrected chi connectivity index (χ4v) is 3.84. The molecule has 136 valence electrons. The van der Waals surface area contributed by atoms with E-state index in [9.17, 15) is 4.79 Å². The normalized spacial score (nSPS) is 12.4. The first kappa shape index (κ1) is 17.4. The van der Waals surface area contributed by atoms with Gasteiger partial charge in [0.2, 0.25) is 5.91 Å². The third-order valence-corrected chi connectivity index (χ3v) is 5.56. The van der Waals surface area contributed by atoms with Crippen molar-refractivity contribution in [1.82, 2.24) is 19.7 Å². The van der Waals surface area contributed by atoms with Crippen molar-refractivity contribution in [1.29, 1.82) is 0 Å². The van der Waals surface area contributed by atoms with Gasteiger partial charge >= 0.3 is 0 Å². The summed E-state index contributed by atoms with van der Waals surface area (Å²) in [7, 11) is 0. The Morgan fingerprint density at radius 2 is 1.89 bits per heavy atom. The van der Waals surface area contributed by atoms with Gasteiger partial charge in [0.1, 0.15) is 0 Å². The molecule has 0 saturated carbocycles. The van der Waals surface area contributed by atoms with Crippen LogP contribution >= 0.6 is 11.8 Å². The molecule has 0 aliphatic carbocycles. The number of benzene rings is 2. The van der Waals surface area contributed by atoms with Crippen LogP contribution in [0.25, 0.3) is 28.0 Å². The number of para-hydroxylation sites is 2. The molecule has 1 unspecified atom stereocenters. The highest BCUT2D eigenvalue weighted by atomic mass is 32.2. The van der Waals surface area contributed by atoms with Gasteiger partial charge in [0.25, 0.3) is 0 Å². The number of aryl methyl sites for hydroxylation is 1. The maximum Gasteiger partial charge on any atom is 0.230 e. The first-order valence-electron chi connectivity index (χ1n) is 8.60. The lowest BCUT2D eigenvalue weighted by atomic mass is 10.1. The number of H-pyrrole nitrogens is 1. The van der Waals surface area contributed by atoms with E-state index in [4.69, 9.17) is 5.73 Å². The molecule has 2 aromatic heterocycles. The second-order valence-electron chi connectivity index (χ2n) is 6.34. The quantitative estimate of drug-likeness (QED) is 0.519. The molecule has 0 fully saturated rings. The van der Waals surface area contributed by atoms with Crippen molar-refractivity contribution < 1.29 is 4.79 Å². The lowest BCUT2D eigenvalue weighted by Crippen LogP contribution is -2.23. The van der Waals surface area contributed by atoms with Crippen LogP contribution in [0, 0.1) is 6.92 Å². The van der Waals surface area contributed by atoms with Crippen molar-refractivity contribution in [2.24, 2.45) is 5.73 Å². The van der Waals surface area contributed by atoms with Gasteiger partial charge in [0.15, 0.2) is 11.0 Å². The molecule has 3 N–H and O–H groups in total. The molecule has 1 atom stereocenters. The summed E-state index contributed by atoms with van der Waals surface area (Å²) in [4.78, 5) is 14.9. The topological polar surface area (TPSA) is 89.6 Å². The summed E-state index contributed by atoms with van der Waals surface area (Å²) < 4.78 is 2.00. The summed E-state index contributed by atoms with van der Waals surface area (Å²) in [5.41, 5.74) is 9.51. The second kappa shape index (κ2) is 6.92. The zero-order chi connectivity index (χ0) is 19.0. The molecule has 6 nitrogen and oxygen atoms in total. The largest absolute Gasteiger partial charge is 0.369 e. The van der Waals surface area contributed by atoms with Gasteiger partial charge in [-0.1, -0.05) is 48.2 Å². The van der Waals surface area contributed by atoms with Crippen LogP contribution in [0.1, 0.15) is 12.5 Å². The molecule has 2 heterocycles. The molecule has 4 rings (SSSR count). The highest BCUT2D eigenvalue weighted by molar-refractivity contribution is 8.00. The maximum atomic E-state index is 11.6. The van der Waals surface area contributed by atoms with Gasteiger partial charge in [-0.25, -0.2) is 0 Å². The molecule has 0 saturated heterocycles. The predicted molar refractivity (Wildman–Crippen MR) is 108 cm³/mol. The molecule has 0 aliphatic rings. The fourth-order valence-electron chi connectivity index (χ4n) is 3.02. The fraction of sp³-hybridized carbons (Fsp3) is 0.150. The molecule has 7 heteroatoms. The number of primary amides is 1. The Kier molecular flexibility index (Phi) is 4.45. The van der Waals surface area contributed by atoms with Gasteiger partial charge in [0, 0.05) is 22.7 Å². The Morgan fingerprint density at radius 3 is 2.67 bits per heavy atom. The van der Waals surface area contributed by atoms with E-state index >= 15 is 0 Å². The van der Waals surface area contributed by atoms with Crippen molar-refractivity contribution in [3.63, 3.8) is 0 Å². The van der Waals surface area contributed by atoms with E-state index in [0.717, 1.165) is 33.5 Å². The minimum absolute atomic E-state index is 0.382. The monoisotopic (exact) mass is 377 g/mol. The number of hydrogen-bond donors (Lipinski definition) is 2. The van der Waals surface area contributed by atoms with Gasteiger partial charge in [-0.3, -0.25) is 9.36 Å². The summed E-state index contributed by atoms with van der Waals surface area (Å²) in [6.07, 6.45) is 1.94. The van der Waals surface area contributed by atoms with Crippen LogP contribution in [0.2, 0.25) is 0 Å². The Hall–Kier alpha value is -3.06. The second-order valence-corrected chi connectivity index (χ2v) is 7.65. The lowest BCUT2D eigenvalue weighted by molar-refractivity contribution is -0.117. The first-order chi connectivity index (χ1) is 13.1. The van der Waals surface area contributed by atoms with Crippen LogP contribution in [0.15, 0.2) is 59.9 Å². The summed E-state index contributed by atoms with van der Waals surface area (Å²) in [6.45, 7) is 3.82. The molecule has 0 spiro atoms. The molecule has 0 radical (unpaired) electrons. The van der Waals surface area contributed by atoms with Crippen molar-refractivity contribution in [2.45, 2.75) is 24.3 Å². The van der Waals surface area contributed by atoms with Gasteiger partial charge in [-0.15, -0.1) is 10.2 Å². The van der Waals surface area contributed by atoms with E-state index in [2.05, 4.69) is 21.2 Å². The Morgan fingerprint density at radius 1 is 1.15 bits per heavy atom.